The summed E-state index contributed by atoms with van der Waals surface area (Å²) in [5, 5.41) is 9.38. The third-order valence-electron chi connectivity index (χ3n) is 7.75. The quantitative estimate of drug-likeness (QED) is 0.400. The normalized spacial score (nSPS) is 26.9. The van der Waals surface area contributed by atoms with Gasteiger partial charge in [0.2, 0.25) is 11.8 Å². The Kier molecular flexibility index (Phi) is 8.05. The Morgan fingerprint density at radius 3 is 2.70 bits per heavy atom. The van der Waals surface area contributed by atoms with E-state index in [1.807, 2.05) is 19.1 Å². The molecule has 10 heteroatoms. The third-order valence-corrected chi connectivity index (χ3v) is 7.75. The summed E-state index contributed by atoms with van der Waals surface area (Å²) in [4.78, 5) is 33.0. The minimum atomic E-state index is -0.236. The molecule has 1 aromatic heterocycles. The molecule has 2 heterocycles. The molecule has 4 N–H and O–H groups in total. The number of aryl methyl sites for hydroxylation is 1. The number of methoxy groups -OCH3 is 1. The molecule has 5 rings (SSSR count). The van der Waals surface area contributed by atoms with E-state index in [4.69, 9.17) is 25.3 Å². The predicted molar refractivity (Wildman–Crippen MR) is 143 cm³/mol. The number of hydrogen-bond acceptors (Lipinski definition) is 7. The molecule has 2 saturated carbocycles. The second-order valence-electron chi connectivity index (χ2n) is 10.5. The van der Waals surface area contributed by atoms with E-state index >= 15 is 0 Å². The first-order chi connectivity index (χ1) is 18.0. The fraction of sp³-hybridized carbons (Fsp3) is 0.630. The van der Waals surface area contributed by atoms with E-state index in [1.54, 1.807) is 12.2 Å². The molecular weight excluding hydrogens is 470 g/mol. The highest BCUT2D eigenvalue weighted by Gasteiger charge is 2.29. The van der Waals surface area contributed by atoms with Crippen LogP contribution in [0.5, 0.6) is 0 Å². The van der Waals surface area contributed by atoms with Crippen LogP contribution >= 0.6 is 0 Å². The van der Waals surface area contributed by atoms with Gasteiger partial charge in [-0.25, -0.2) is 20.0 Å². The van der Waals surface area contributed by atoms with Gasteiger partial charge in [0.15, 0.2) is 0 Å². The summed E-state index contributed by atoms with van der Waals surface area (Å²) < 4.78 is 5.46. The van der Waals surface area contributed by atoms with Gasteiger partial charge in [-0.1, -0.05) is 24.5 Å². The number of hydrogen-bond donors (Lipinski definition) is 3. The van der Waals surface area contributed by atoms with Crippen LogP contribution in [0.15, 0.2) is 23.2 Å². The van der Waals surface area contributed by atoms with Crippen molar-refractivity contribution in [1.29, 1.82) is 0 Å². The topological polar surface area (TPSA) is 127 Å². The van der Waals surface area contributed by atoms with Crippen molar-refractivity contribution >= 4 is 28.6 Å². The first-order valence-electron chi connectivity index (χ1n) is 13.6. The van der Waals surface area contributed by atoms with Gasteiger partial charge in [-0.15, -0.1) is 0 Å². The minimum Gasteiger partial charge on any atom is -0.381 e. The molecule has 37 heavy (non-hydrogen) atoms. The number of amides is 1. The maximum absolute atomic E-state index is 13.2. The third kappa shape index (κ3) is 6.13. The van der Waals surface area contributed by atoms with Gasteiger partial charge in [0.05, 0.1) is 36.9 Å². The molecule has 200 valence electrons. The van der Waals surface area contributed by atoms with Crippen molar-refractivity contribution < 1.29 is 14.4 Å². The van der Waals surface area contributed by atoms with Crippen molar-refractivity contribution in [2.24, 2.45) is 10.7 Å². The number of aliphatic imine (C=N–C) groups is 1. The Morgan fingerprint density at radius 2 is 1.95 bits per heavy atom. The monoisotopic (exact) mass is 509 g/mol. The molecule has 1 aliphatic heterocycles. The molecular formula is C27H39N7O3. The van der Waals surface area contributed by atoms with Gasteiger partial charge >= 0.3 is 0 Å². The van der Waals surface area contributed by atoms with E-state index in [0.29, 0.717) is 18.4 Å². The van der Waals surface area contributed by atoms with Gasteiger partial charge in [-0.05, 0) is 64.0 Å². The zero-order valence-corrected chi connectivity index (χ0v) is 21.9. The predicted octanol–water partition coefficient (Wildman–Crippen LogP) is 3.30. The molecule has 3 fully saturated rings. The van der Waals surface area contributed by atoms with Crippen LogP contribution in [-0.2, 0) is 9.57 Å². The van der Waals surface area contributed by atoms with E-state index in [-0.39, 0.29) is 36.0 Å². The van der Waals surface area contributed by atoms with Crippen LogP contribution in [0, 0.1) is 6.92 Å². The molecule has 2 atom stereocenters. The van der Waals surface area contributed by atoms with Crippen LogP contribution in [0.3, 0.4) is 0 Å². The maximum atomic E-state index is 13.2. The molecule has 10 nitrogen and oxygen atoms in total. The number of nitrogens with zero attached hydrogens (tertiary/aromatic N) is 4. The van der Waals surface area contributed by atoms with Gasteiger partial charge < -0.3 is 21.1 Å². The van der Waals surface area contributed by atoms with E-state index in [1.165, 1.54) is 0 Å². The molecule has 0 radical (unpaired) electrons. The lowest BCUT2D eigenvalue weighted by Gasteiger charge is -2.31. The number of benzene rings is 1. The molecule has 1 saturated heterocycles. The number of ether oxygens (including phenoxy) is 1. The molecule has 0 bridgehead atoms. The summed E-state index contributed by atoms with van der Waals surface area (Å²) in [5.74, 6) is 1.06. The maximum Gasteiger partial charge on any atom is 0.289 e. The summed E-state index contributed by atoms with van der Waals surface area (Å²) in [5.41, 5.74) is 8.14. The zero-order valence-electron chi connectivity index (χ0n) is 21.9. The fourth-order valence-corrected chi connectivity index (χ4v) is 5.62. The first-order valence-corrected chi connectivity index (χ1v) is 13.6. The number of nitrogens with two attached hydrogens (primary N) is 1. The van der Waals surface area contributed by atoms with Crippen LogP contribution < -0.4 is 16.4 Å². The van der Waals surface area contributed by atoms with Crippen molar-refractivity contribution in [1.82, 2.24) is 20.3 Å². The Balaban J connectivity index is 1.38. The van der Waals surface area contributed by atoms with Crippen LogP contribution in [0.2, 0.25) is 0 Å². The van der Waals surface area contributed by atoms with Gasteiger partial charge in [-0.3, -0.25) is 9.63 Å². The molecule has 2 aliphatic carbocycles. The van der Waals surface area contributed by atoms with Crippen molar-refractivity contribution in [3.8, 4) is 0 Å². The van der Waals surface area contributed by atoms with Gasteiger partial charge in [0, 0.05) is 18.5 Å². The second kappa shape index (κ2) is 11.6. The number of hydroxylamine groups is 2. The van der Waals surface area contributed by atoms with E-state index < -0.39 is 0 Å². The van der Waals surface area contributed by atoms with Gasteiger partial charge in [0.1, 0.15) is 5.82 Å². The summed E-state index contributed by atoms with van der Waals surface area (Å²) in [6, 6.07) is 6.20. The zero-order chi connectivity index (χ0) is 25.8. The Hall–Kier alpha value is -2.98. The summed E-state index contributed by atoms with van der Waals surface area (Å²) in [7, 11) is 1.75. The summed E-state index contributed by atoms with van der Waals surface area (Å²) in [6.07, 6.45) is 9.00. The van der Waals surface area contributed by atoms with Crippen LogP contribution in [0.25, 0.3) is 10.9 Å². The van der Waals surface area contributed by atoms with Crippen molar-refractivity contribution in [3.05, 3.63) is 29.6 Å². The van der Waals surface area contributed by atoms with E-state index in [0.717, 1.165) is 80.8 Å². The highest BCUT2D eigenvalue weighted by Crippen LogP contribution is 2.29. The number of guanidine groups is 1. The van der Waals surface area contributed by atoms with Gasteiger partial charge in [-0.2, -0.15) is 0 Å². The number of carbonyl (C=O) groups excluding carboxylic acids is 1. The fourth-order valence-electron chi connectivity index (χ4n) is 5.62. The molecule has 0 spiro atoms. The van der Waals surface area contributed by atoms with E-state index in [2.05, 4.69) is 21.7 Å². The number of carbonyl (C=O) groups is 1. The molecule has 0 unspecified atom stereocenters. The van der Waals surface area contributed by atoms with Gasteiger partial charge in [0.25, 0.3) is 5.91 Å². The number of fused-ring (bicyclic) bond motifs is 1. The lowest BCUT2D eigenvalue weighted by Crippen LogP contribution is -2.41. The number of aromatic nitrogens is 2. The van der Waals surface area contributed by atoms with Crippen molar-refractivity contribution in [2.45, 2.75) is 88.9 Å². The largest absolute Gasteiger partial charge is 0.381 e. The smallest absolute Gasteiger partial charge is 0.289 e. The Morgan fingerprint density at radius 1 is 1.14 bits per heavy atom. The lowest BCUT2D eigenvalue weighted by molar-refractivity contribution is -0.0456. The number of anilines is 1. The van der Waals surface area contributed by atoms with Crippen LogP contribution in [-0.4, -0.2) is 71.4 Å². The average molecular weight is 510 g/mol. The molecule has 3 aliphatic rings. The standard InChI is InChI=1S/C27H39N7O3/c1-17-8-13-21-20(16-17)24(33-25(30-21)26(35)29-18-9-11-19(36-2)12-10-18)31-22-6-3-4-7-23(22)32-27(28)34-14-5-15-37-34/h8,13,16,18-19,22-23H,3-7,9-12,14-15H2,1-2H3,(H2,28,32)(H,29,35)(H,30,31,33)/t18?,19?,22-,23+/m0/s1. The first kappa shape index (κ1) is 25.7. The lowest BCUT2D eigenvalue weighted by atomic mass is 9.90. The number of rotatable bonds is 6. The van der Waals surface area contributed by atoms with Crippen molar-refractivity contribution in [2.75, 3.05) is 25.6 Å². The SMILES string of the molecule is COC1CCC(NC(=O)c2nc(N[C@H]3CCCC[C@H]3N=C(N)N3CCCO3)c3cc(C)ccc3n2)CC1. The number of nitrogens with one attached hydrogen (secondary N) is 2. The van der Waals surface area contributed by atoms with Crippen LogP contribution in [0.4, 0.5) is 5.82 Å². The minimum absolute atomic E-state index is 0.000945. The molecule has 1 amide bonds. The summed E-state index contributed by atoms with van der Waals surface area (Å²) >= 11 is 0. The molecule has 1 aromatic carbocycles. The average Bonchev–Trinajstić information content (AvgIpc) is 3.46. The van der Waals surface area contributed by atoms with E-state index in [9.17, 15) is 4.79 Å². The summed E-state index contributed by atoms with van der Waals surface area (Å²) in [6.45, 7) is 3.49. The highest BCUT2D eigenvalue weighted by molar-refractivity contribution is 5.96. The molecule has 2 aromatic rings. The second-order valence-corrected chi connectivity index (χ2v) is 10.5. The van der Waals surface area contributed by atoms with Crippen molar-refractivity contribution in [3.63, 3.8) is 0 Å². The highest BCUT2D eigenvalue weighted by atomic mass is 16.7. The van der Waals surface area contributed by atoms with Crippen LogP contribution in [0.1, 0.15) is 74.0 Å². The Labute approximate surface area is 218 Å². The Bertz CT molecular complexity index is 1130.